The topological polar surface area (TPSA) is 92.2 Å². The number of anilines is 2. The van der Waals surface area contributed by atoms with Crippen molar-refractivity contribution in [3.05, 3.63) is 34.7 Å². The van der Waals surface area contributed by atoms with Crippen LogP contribution < -0.4 is 15.9 Å². The number of nitrogens with zero attached hydrogens (tertiary/aromatic N) is 3. The number of ether oxygens (including phenoxy) is 1. The highest BCUT2D eigenvalue weighted by atomic mass is 32.2. The Balaban J connectivity index is 1.30. The van der Waals surface area contributed by atoms with E-state index in [1.165, 1.54) is 30.3 Å². The number of aromatic nitrogens is 3. The normalized spacial score (nSPS) is 19.3. The van der Waals surface area contributed by atoms with Crippen LogP contribution in [0.15, 0.2) is 34.2 Å². The second-order valence-corrected chi connectivity index (χ2v) is 8.08. The van der Waals surface area contributed by atoms with Gasteiger partial charge in [-0.2, -0.15) is 0 Å². The monoisotopic (exact) mass is 403 g/mol. The summed E-state index contributed by atoms with van der Waals surface area (Å²) in [6.45, 7) is 3.40. The van der Waals surface area contributed by atoms with Gasteiger partial charge in [0.25, 0.3) is 0 Å². The van der Waals surface area contributed by atoms with Gasteiger partial charge in [0.1, 0.15) is 0 Å². The molecule has 3 heterocycles. The molecule has 0 radical (unpaired) electrons. The molecule has 28 heavy (non-hydrogen) atoms. The summed E-state index contributed by atoms with van der Waals surface area (Å²) >= 11 is 1.25. The molecule has 2 aliphatic rings. The summed E-state index contributed by atoms with van der Waals surface area (Å²) in [7, 11) is 0. The standard InChI is InChI=1S/C19H25N5O3S/c25-17(20-14-5-7-15(8-6-14)23-9-1-2-10-23)13-28-19-22-21-18(26)24(19)12-16-4-3-11-27-16/h5-8,16H,1-4,9-13H2,(H,20,25)(H,21,26)/t16-/m0/s1. The highest BCUT2D eigenvalue weighted by molar-refractivity contribution is 7.99. The quantitative estimate of drug-likeness (QED) is 0.688. The molecule has 0 saturated carbocycles. The molecule has 2 aromatic rings. The number of benzene rings is 1. The third kappa shape index (κ3) is 4.59. The average molecular weight is 404 g/mol. The molecule has 1 atom stereocenters. The van der Waals surface area contributed by atoms with Crippen molar-refractivity contribution < 1.29 is 9.53 Å². The molecule has 4 rings (SSSR count). The number of thioether (sulfide) groups is 1. The minimum Gasteiger partial charge on any atom is -0.376 e. The predicted molar refractivity (Wildman–Crippen MR) is 109 cm³/mol. The van der Waals surface area contributed by atoms with Crippen molar-refractivity contribution in [1.82, 2.24) is 14.8 Å². The van der Waals surface area contributed by atoms with Crippen LogP contribution in [0.3, 0.4) is 0 Å². The lowest BCUT2D eigenvalue weighted by Crippen LogP contribution is -2.25. The predicted octanol–water partition coefficient (Wildman–Crippen LogP) is 2.08. The molecule has 0 bridgehead atoms. The van der Waals surface area contributed by atoms with Crippen LogP contribution in [0.2, 0.25) is 0 Å². The van der Waals surface area contributed by atoms with Crippen molar-refractivity contribution in [2.24, 2.45) is 0 Å². The number of hydrogen-bond donors (Lipinski definition) is 2. The van der Waals surface area contributed by atoms with Crippen LogP contribution in [0.25, 0.3) is 0 Å². The van der Waals surface area contributed by atoms with Gasteiger partial charge in [-0.3, -0.25) is 9.36 Å². The second-order valence-electron chi connectivity index (χ2n) is 7.13. The van der Waals surface area contributed by atoms with Gasteiger partial charge < -0.3 is 15.0 Å². The van der Waals surface area contributed by atoms with Crippen molar-refractivity contribution in [3.8, 4) is 0 Å². The lowest BCUT2D eigenvalue weighted by molar-refractivity contribution is -0.113. The van der Waals surface area contributed by atoms with Gasteiger partial charge in [-0.1, -0.05) is 11.8 Å². The molecule has 1 aromatic heterocycles. The van der Waals surface area contributed by atoms with Crippen LogP contribution in [0, 0.1) is 0 Å². The zero-order valence-corrected chi connectivity index (χ0v) is 16.5. The zero-order chi connectivity index (χ0) is 19.3. The molecule has 8 nitrogen and oxygen atoms in total. The number of carbonyl (C=O) groups excluding carboxylic acids is 1. The smallest absolute Gasteiger partial charge is 0.344 e. The van der Waals surface area contributed by atoms with Gasteiger partial charge in [0.2, 0.25) is 5.91 Å². The van der Waals surface area contributed by atoms with Crippen molar-refractivity contribution >= 4 is 29.0 Å². The molecule has 0 spiro atoms. The highest BCUT2D eigenvalue weighted by Crippen LogP contribution is 2.22. The van der Waals surface area contributed by atoms with Crippen LogP contribution >= 0.6 is 11.8 Å². The van der Waals surface area contributed by atoms with E-state index in [9.17, 15) is 9.59 Å². The molecule has 2 aliphatic heterocycles. The van der Waals surface area contributed by atoms with Crippen LogP contribution in [-0.2, 0) is 16.1 Å². The van der Waals surface area contributed by atoms with Gasteiger partial charge in [-0.25, -0.2) is 9.89 Å². The van der Waals surface area contributed by atoms with Crippen molar-refractivity contribution in [2.75, 3.05) is 35.7 Å². The lowest BCUT2D eigenvalue weighted by atomic mass is 10.2. The van der Waals surface area contributed by atoms with Gasteiger partial charge in [0, 0.05) is 31.1 Å². The van der Waals surface area contributed by atoms with Gasteiger partial charge >= 0.3 is 5.69 Å². The van der Waals surface area contributed by atoms with E-state index in [-0.39, 0.29) is 23.5 Å². The van der Waals surface area contributed by atoms with Crippen molar-refractivity contribution in [1.29, 1.82) is 0 Å². The Hall–Kier alpha value is -2.26. The SMILES string of the molecule is O=C(CSc1n[nH]c(=O)n1C[C@@H]1CCCO1)Nc1ccc(N2CCCC2)cc1. The first-order valence-corrected chi connectivity index (χ1v) is 10.7. The van der Waals surface area contributed by atoms with Gasteiger partial charge in [0.15, 0.2) is 5.16 Å². The maximum atomic E-state index is 12.3. The minimum absolute atomic E-state index is 0.0394. The van der Waals surface area contributed by atoms with Crippen LogP contribution in [0.5, 0.6) is 0 Å². The van der Waals surface area contributed by atoms with E-state index in [1.54, 1.807) is 4.57 Å². The third-order valence-electron chi connectivity index (χ3n) is 5.09. The van der Waals surface area contributed by atoms with E-state index < -0.39 is 0 Å². The Kier molecular flexibility index (Phi) is 6.01. The number of carbonyl (C=O) groups is 1. The lowest BCUT2D eigenvalue weighted by Gasteiger charge is -2.17. The molecule has 2 saturated heterocycles. The van der Waals surface area contributed by atoms with Crippen LogP contribution in [-0.4, -0.2) is 52.2 Å². The van der Waals surface area contributed by atoms with E-state index in [2.05, 4.69) is 20.4 Å². The Bertz CT molecular complexity index is 851. The molecule has 9 heteroatoms. The summed E-state index contributed by atoms with van der Waals surface area (Å²) in [4.78, 5) is 26.6. The van der Waals surface area contributed by atoms with Crippen LogP contribution in [0.4, 0.5) is 11.4 Å². The zero-order valence-electron chi connectivity index (χ0n) is 15.7. The number of amides is 1. The fourth-order valence-electron chi connectivity index (χ4n) is 3.62. The molecule has 0 aliphatic carbocycles. The summed E-state index contributed by atoms with van der Waals surface area (Å²) < 4.78 is 7.15. The molecule has 1 amide bonds. The molecule has 1 aromatic carbocycles. The van der Waals surface area contributed by atoms with E-state index in [0.717, 1.165) is 38.2 Å². The summed E-state index contributed by atoms with van der Waals surface area (Å²) in [6.07, 6.45) is 4.47. The van der Waals surface area contributed by atoms with Gasteiger partial charge in [-0.15, -0.1) is 5.10 Å². The van der Waals surface area contributed by atoms with Crippen molar-refractivity contribution in [2.45, 2.75) is 43.5 Å². The summed E-state index contributed by atoms with van der Waals surface area (Å²) in [5, 5.41) is 9.92. The fourth-order valence-corrected chi connectivity index (χ4v) is 4.38. The molecule has 2 fully saturated rings. The number of rotatable bonds is 7. The summed E-state index contributed by atoms with van der Waals surface area (Å²) in [6, 6.07) is 7.94. The minimum atomic E-state index is -0.268. The van der Waals surface area contributed by atoms with Crippen molar-refractivity contribution in [3.63, 3.8) is 0 Å². The average Bonchev–Trinajstić information content (AvgIpc) is 3.46. The maximum absolute atomic E-state index is 12.3. The Morgan fingerprint density at radius 1 is 1.25 bits per heavy atom. The number of hydrogen-bond acceptors (Lipinski definition) is 6. The molecular formula is C19H25N5O3S. The Labute approximate surface area is 167 Å². The highest BCUT2D eigenvalue weighted by Gasteiger charge is 2.20. The fraction of sp³-hybridized carbons (Fsp3) is 0.526. The first-order chi connectivity index (χ1) is 13.7. The summed E-state index contributed by atoms with van der Waals surface area (Å²) in [5.74, 6) is 0.0574. The first-order valence-electron chi connectivity index (χ1n) is 9.73. The van der Waals surface area contributed by atoms with Gasteiger partial charge in [0.05, 0.1) is 18.4 Å². The summed E-state index contributed by atoms with van der Waals surface area (Å²) in [5.41, 5.74) is 1.70. The number of H-pyrrole nitrogens is 1. The molecule has 150 valence electrons. The third-order valence-corrected chi connectivity index (χ3v) is 6.06. The second kappa shape index (κ2) is 8.83. The van der Waals surface area contributed by atoms with E-state index >= 15 is 0 Å². The van der Waals surface area contributed by atoms with Crippen LogP contribution in [0.1, 0.15) is 25.7 Å². The maximum Gasteiger partial charge on any atom is 0.344 e. The number of aromatic amines is 1. The molecular weight excluding hydrogens is 378 g/mol. The molecule has 2 N–H and O–H groups in total. The van der Waals surface area contributed by atoms with E-state index in [1.807, 2.05) is 24.3 Å². The number of nitrogens with one attached hydrogen (secondary N) is 2. The largest absolute Gasteiger partial charge is 0.376 e. The molecule has 0 unspecified atom stereocenters. The van der Waals surface area contributed by atoms with Gasteiger partial charge in [-0.05, 0) is 49.9 Å². The Morgan fingerprint density at radius 3 is 2.75 bits per heavy atom. The first kappa shape index (κ1) is 19.1. The Morgan fingerprint density at radius 2 is 2.04 bits per heavy atom. The van der Waals surface area contributed by atoms with E-state index in [0.29, 0.717) is 11.7 Å². The van der Waals surface area contributed by atoms with E-state index in [4.69, 9.17) is 4.74 Å².